The van der Waals surface area contributed by atoms with E-state index in [1.54, 1.807) is 29.3 Å². The van der Waals surface area contributed by atoms with Crippen molar-refractivity contribution in [3.05, 3.63) is 46.5 Å². The van der Waals surface area contributed by atoms with Crippen LogP contribution in [0.3, 0.4) is 0 Å². The maximum absolute atomic E-state index is 12.8. The molecule has 1 saturated heterocycles. The highest BCUT2D eigenvalue weighted by Gasteiger charge is 2.29. The fourth-order valence-corrected chi connectivity index (χ4v) is 3.19. The minimum atomic E-state index is -0.875. The largest absolute Gasteiger partial charge is 0.481 e. The van der Waals surface area contributed by atoms with E-state index in [4.69, 9.17) is 5.11 Å². The summed E-state index contributed by atoms with van der Waals surface area (Å²) in [6.07, 6.45) is 5.91. The van der Waals surface area contributed by atoms with Crippen LogP contribution < -0.4 is 5.56 Å². The number of piperidine rings is 1. The van der Waals surface area contributed by atoms with Gasteiger partial charge in [-0.15, -0.1) is 0 Å². The molecule has 24 heavy (non-hydrogen) atoms. The van der Waals surface area contributed by atoms with Crippen LogP contribution in [0.15, 0.2) is 35.4 Å². The van der Waals surface area contributed by atoms with Gasteiger partial charge < -0.3 is 10.0 Å². The van der Waals surface area contributed by atoms with Crippen molar-refractivity contribution in [1.29, 1.82) is 0 Å². The normalized spacial score (nSPS) is 17.8. The van der Waals surface area contributed by atoms with E-state index in [0.717, 1.165) is 19.3 Å². The number of fused-ring (bicyclic) bond motifs is 1. The van der Waals surface area contributed by atoms with Gasteiger partial charge in [-0.05, 0) is 37.8 Å². The number of carbonyl (C=O) groups is 2. The number of pyridine rings is 1. The highest BCUT2D eigenvalue weighted by atomic mass is 16.4. The second-order valence-electron chi connectivity index (χ2n) is 5.99. The molecule has 2 aromatic rings. The minimum absolute atomic E-state index is 0.0173. The van der Waals surface area contributed by atoms with Gasteiger partial charge in [0.1, 0.15) is 11.2 Å². The number of amides is 1. The molecule has 1 aliphatic heterocycles. The Bertz CT molecular complexity index is 830. The Morgan fingerprint density at radius 1 is 1.29 bits per heavy atom. The average Bonchev–Trinajstić information content (AvgIpc) is 2.60. The summed E-state index contributed by atoms with van der Waals surface area (Å²) < 4.78 is 1.35. The van der Waals surface area contributed by atoms with Crippen LogP contribution in [0.2, 0.25) is 0 Å². The molecular formula is C17H19N3O4. The van der Waals surface area contributed by atoms with Gasteiger partial charge in [-0.2, -0.15) is 0 Å². The van der Waals surface area contributed by atoms with Crippen LogP contribution in [0, 0.1) is 0 Å². The number of rotatable bonds is 4. The predicted molar refractivity (Wildman–Crippen MR) is 87.0 cm³/mol. The molecule has 0 saturated carbocycles. The summed E-state index contributed by atoms with van der Waals surface area (Å²) in [6.45, 7) is 0.542. The number of aliphatic carboxylic acids is 1. The SMILES string of the molecule is O=C(O)CC[C@@H]1CCCCN1C(=O)c1cnc2ccccn2c1=O. The summed E-state index contributed by atoms with van der Waals surface area (Å²) in [5.41, 5.74) is 0.120. The topological polar surface area (TPSA) is 92.0 Å². The number of carbonyl (C=O) groups excluding carboxylic acids is 1. The summed E-state index contributed by atoms with van der Waals surface area (Å²) in [7, 11) is 0. The summed E-state index contributed by atoms with van der Waals surface area (Å²) in [5.74, 6) is -1.23. The Morgan fingerprint density at radius 2 is 2.12 bits per heavy atom. The predicted octanol–water partition coefficient (Wildman–Crippen LogP) is 1.55. The first kappa shape index (κ1) is 16.2. The molecule has 0 aromatic carbocycles. The Hall–Kier alpha value is -2.70. The number of hydrogen-bond donors (Lipinski definition) is 1. The number of hydrogen-bond acceptors (Lipinski definition) is 4. The monoisotopic (exact) mass is 329 g/mol. The quantitative estimate of drug-likeness (QED) is 0.919. The van der Waals surface area contributed by atoms with Crippen molar-refractivity contribution in [3.8, 4) is 0 Å². The Labute approximate surface area is 138 Å². The number of likely N-dealkylation sites (tertiary alicyclic amines) is 1. The highest BCUT2D eigenvalue weighted by molar-refractivity contribution is 5.94. The van der Waals surface area contributed by atoms with E-state index in [-0.39, 0.29) is 23.9 Å². The summed E-state index contributed by atoms with van der Waals surface area (Å²) >= 11 is 0. The van der Waals surface area contributed by atoms with Crippen molar-refractivity contribution in [1.82, 2.24) is 14.3 Å². The van der Waals surface area contributed by atoms with Crippen LogP contribution in [0.1, 0.15) is 42.5 Å². The van der Waals surface area contributed by atoms with Gasteiger partial charge in [-0.25, -0.2) is 4.98 Å². The van der Waals surface area contributed by atoms with Crippen LogP contribution in [0.25, 0.3) is 5.65 Å². The lowest BCUT2D eigenvalue weighted by Crippen LogP contribution is -2.45. The van der Waals surface area contributed by atoms with E-state index in [1.807, 2.05) is 0 Å². The minimum Gasteiger partial charge on any atom is -0.481 e. The van der Waals surface area contributed by atoms with Gasteiger partial charge >= 0.3 is 5.97 Å². The number of carboxylic acid groups (broad SMARTS) is 1. The van der Waals surface area contributed by atoms with Crippen molar-refractivity contribution in [2.45, 2.75) is 38.1 Å². The summed E-state index contributed by atoms with van der Waals surface area (Å²) in [6, 6.07) is 5.04. The first-order chi connectivity index (χ1) is 11.6. The maximum atomic E-state index is 12.8. The van der Waals surface area contributed by atoms with Gasteiger partial charge in [-0.3, -0.25) is 18.8 Å². The van der Waals surface area contributed by atoms with E-state index in [1.165, 1.54) is 10.6 Å². The lowest BCUT2D eigenvalue weighted by Gasteiger charge is -2.35. The Morgan fingerprint density at radius 3 is 2.92 bits per heavy atom. The molecule has 0 aliphatic carbocycles. The van der Waals surface area contributed by atoms with Crippen molar-refractivity contribution in [2.24, 2.45) is 0 Å². The summed E-state index contributed by atoms with van der Waals surface area (Å²) in [4.78, 5) is 42.1. The van der Waals surface area contributed by atoms with Gasteiger partial charge in [0.2, 0.25) is 0 Å². The molecule has 1 aliphatic rings. The zero-order valence-electron chi connectivity index (χ0n) is 13.2. The highest BCUT2D eigenvalue weighted by Crippen LogP contribution is 2.22. The molecule has 2 aromatic heterocycles. The van der Waals surface area contributed by atoms with E-state index in [9.17, 15) is 14.4 Å². The third kappa shape index (κ3) is 3.15. The van der Waals surface area contributed by atoms with Gasteiger partial charge in [0.15, 0.2) is 0 Å². The second-order valence-corrected chi connectivity index (χ2v) is 5.99. The third-order valence-electron chi connectivity index (χ3n) is 4.42. The maximum Gasteiger partial charge on any atom is 0.303 e. The van der Waals surface area contributed by atoms with Gasteiger partial charge in [0.05, 0.1) is 0 Å². The van der Waals surface area contributed by atoms with E-state index >= 15 is 0 Å². The van der Waals surface area contributed by atoms with Crippen LogP contribution in [0.4, 0.5) is 0 Å². The van der Waals surface area contributed by atoms with Gasteiger partial charge in [0, 0.05) is 31.4 Å². The van der Waals surface area contributed by atoms with Crippen LogP contribution in [0.5, 0.6) is 0 Å². The fourth-order valence-electron chi connectivity index (χ4n) is 3.19. The van der Waals surface area contributed by atoms with Gasteiger partial charge in [0.25, 0.3) is 11.5 Å². The number of nitrogens with zero attached hydrogens (tertiary/aromatic N) is 3. The first-order valence-corrected chi connectivity index (χ1v) is 8.07. The van der Waals surface area contributed by atoms with E-state index in [0.29, 0.717) is 18.6 Å². The molecule has 0 spiro atoms. The lowest BCUT2D eigenvalue weighted by molar-refractivity contribution is -0.137. The molecule has 0 radical (unpaired) electrons. The van der Waals surface area contributed by atoms with Crippen molar-refractivity contribution < 1.29 is 14.7 Å². The lowest BCUT2D eigenvalue weighted by atomic mass is 9.97. The van der Waals surface area contributed by atoms with E-state index < -0.39 is 11.5 Å². The standard InChI is InChI=1S/C17H19N3O4/c21-15(22)8-7-12-5-1-3-9-19(12)16(23)13-11-18-14-6-2-4-10-20(14)17(13)24/h2,4,6,10-12H,1,3,5,7-9H2,(H,21,22)/t12-/m0/s1. The molecular weight excluding hydrogens is 310 g/mol. The van der Waals surface area contributed by atoms with Crippen molar-refractivity contribution in [2.75, 3.05) is 6.54 Å². The molecule has 1 N–H and O–H groups in total. The number of aromatic nitrogens is 2. The Balaban J connectivity index is 1.90. The van der Waals surface area contributed by atoms with Crippen molar-refractivity contribution >= 4 is 17.5 Å². The second kappa shape index (κ2) is 6.82. The molecule has 1 atom stereocenters. The molecule has 0 bridgehead atoms. The molecule has 0 unspecified atom stereocenters. The van der Waals surface area contributed by atoms with Crippen LogP contribution >= 0.6 is 0 Å². The van der Waals surface area contributed by atoms with E-state index in [2.05, 4.69) is 4.98 Å². The van der Waals surface area contributed by atoms with Crippen LogP contribution in [-0.4, -0.2) is 43.9 Å². The third-order valence-corrected chi connectivity index (χ3v) is 4.42. The number of carboxylic acids is 1. The Kier molecular flexibility index (Phi) is 4.59. The first-order valence-electron chi connectivity index (χ1n) is 8.07. The molecule has 1 amide bonds. The van der Waals surface area contributed by atoms with Crippen molar-refractivity contribution in [3.63, 3.8) is 0 Å². The van der Waals surface area contributed by atoms with Crippen LogP contribution in [-0.2, 0) is 4.79 Å². The molecule has 1 fully saturated rings. The smallest absolute Gasteiger partial charge is 0.303 e. The average molecular weight is 329 g/mol. The fraction of sp³-hybridized carbons (Fsp3) is 0.412. The molecule has 3 rings (SSSR count). The molecule has 7 nitrogen and oxygen atoms in total. The summed E-state index contributed by atoms with van der Waals surface area (Å²) in [5, 5.41) is 8.88. The zero-order chi connectivity index (χ0) is 17.1. The molecule has 7 heteroatoms. The molecule has 126 valence electrons. The van der Waals surface area contributed by atoms with Gasteiger partial charge in [-0.1, -0.05) is 6.07 Å². The zero-order valence-corrected chi connectivity index (χ0v) is 13.2. The molecule has 3 heterocycles.